The Hall–Kier alpha value is -10.3. The van der Waals surface area contributed by atoms with Crippen molar-refractivity contribution in [2.24, 2.45) is 0 Å². The number of hydrogen-bond donors (Lipinski definition) is 3. The maximum Gasteiger partial charge on any atom is 0.510 e. The van der Waals surface area contributed by atoms with E-state index < -0.39 is 183 Å². The summed E-state index contributed by atoms with van der Waals surface area (Å²) in [4.78, 5) is 134. The van der Waals surface area contributed by atoms with E-state index in [1.807, 2.05) is 0 Å². The smallest absolute Gasteiger partial charge is 0.482 e. The molecule has 0 saturated heterocycles. The third kappa shape index (κ3) is 20.6. The van der Waals surface area contributed by atoms with Gasteiger partial charge in [0.1, 0.15) is 58.9 Å². The highest BCUT2D eigenvalue weighted by Gasteiger charge is 2.54. The third-order valence-electron chi connectivity index (χ3n) is 18.2. The average molecular weight is 1580 g/mol. The van der Waals surface area contributed by atoms with Crippen LogP contribution in [0.4, 0.5) is 31.9 Å². The highest BCUT2D eigenvalue weighted by molar-refractivity contribution is 7.53. The molecule has 110 heavy (non-hydrogen) atoms. The van der Waals surface area contributed by atoms with Crippen molar-refractivity contribution in [1.82, 2.24) is 29.8 Å². The van der Waals surface area contributed by atoms with Gasteiger partial charge < -0.3 is 63.2 Å². The quantitative estimate of drug-likeness (QED) is 0.0124. The van der Waals surface area contributed by atoms with Crippen LogP contribution in [0.1, 0.15) is 157 Å². The number of ether oxygens (including phenoxy) is 8. The minimum Gasteiger partial charge on any atom is -0.482 e. The zero-order chi connectivity index (χ0) is 79.8. The molecular formula is C73H86F4N8O23P2. The molecule has 2 spiro atoms. The van der Waals surface area contributed by atoms with Crippen molar-refractivity contribution in [3.63, 3.8) is 0 Å². The maximum atomic E-state index is 14.5. The second-order valence-electron chi connectivity index (χ2n) is 26.6. The molecule has 0 radical (unpaired) electrons. The fourth-order valence-electron chi connectivity index (χ4n) is 12.8. The number of halogens is 4. The zero-order valence-corrected chi connectivity index (χ0v) is 63.4. The Balaban J connectivity index is 0.000000256. The number of hydrogen-bond acceptors (Lipinski definition) is 24. The predicted octanol–water partition coefficient (Wildman–Crippen LogP) is 10.8. The van der Waals surface area contributed by atoms with Gasteiger partial charge >= 0.3 is 33.7 Å². The first-order chi connectivity index (χ1) is 52.2. The van der Waals surface area contributed by atoms with Gasteiger partial charge in [0, 0.05) is 75.9 Å². The molecule has 1 unspecified atom stereocenters. The van der Waals surface area contributed by atoms with Crippen molar-refractivity contribution in [3.8, 4) is 11.5 Å². The fraction of sp³-hybridized carbons (Fsp3) is 0.438. The first-order valence-corrected chi connectivity index (χ1v) is 38.6. The minimum absolute atomic E-state index is 0.0353. The van der Waals surface area contributed by atoms with Crippen molar-refractivity contribution >= 4 is 57.3 Å². The summed E-state index contributed by atoms with van der Waals surface area (Å²) in [7, 11) is -5.70. The van der Waals surface area contributed by atoms with Crippen LogP contribution in [0.2, 0.25) is 0 Å². The Kier molecular flexibility index (Phi) is 28.1. The van der Waals surface area contributed by atoms with E-state index in [1.54, 1.807) is 126 Å². The van der Waals surface area contributed by atoms with E-state index in [0.29, 0.717) is 74.6 Å². The number of nitrogens with one attached hydrogen (secondary N) is 2. The van der Waals surface area contributed by atoms with Gasteiger partial charge in [0.15, 0.2) is 22.9 Å². The lowest BCUT2D eigenvalue weighted by atomic mass is 10.0. The van der Waals surface area contributed by atoms with Gasteiger partial charge in [-0.3, -0.25) is 70.8 Å². The summed E-state index contributed by atoms with van der Waals surface area (Å²) in [6.07, 6.45) is 0.913. The molecule has 4 heterocycles. The molecule has 6 aromatic rings. The second-order valence-corrected chi connectivity index (χ2v) is 30.8. The lowest BCUT2D eigenvalue weighted by Crippen LogP contribution is -2.69. The molecule has 2 aromatic heterocycles. The van der Waals surface area contributed by atoms with E-state index >= 15 is 0 Å². The van der Waals surface area contributed by atoms with Crippen LogP contribution in [-0.2, 0) is 77.4 Å². The SMILES string of the molecule is CC(C)OC(=O)OCOP(=O)(CCN1n2cc(C(=O)NCc3ccc(F)cc3F)c(=O)c(OCc3ccccc3)c2C(=O)N(C)C12CCCC2)OCOC(=O)OC(C)C.CC(C)OC(=O)OCOP(=O)(O)CCN1n2cc(C(=O)NCc3ccc(F)cc3F)c(=O)c(OCc3ccccc3)c2C(=O)N(C)C12CCCC2. The molecule has 4 aliphatic rings. The molecule has 2 aliphatic carbocycles. The topological polar surface area (TPSA) is 356 Å². The van der Waals surface area contributed by atoms with Crippen molar-refractivity contribution in [2.75, 3.05) is 69.9 Å². The largest absolute Gasteiger partial charge is 0.510 e. The summed E-state index contributed by atoms with van der Waals surface area (Å²) in [6, 6.07) is 23.3. The van der Waals surface area contributed by atoms with Crippen LogP contribution >= 0.6 is 15.2 Å². The van der Waals surface area contributed by atoms with Gasteiger partial charge in [-0.1, -0.05) is 72.8 Å². The third-order valence-corrected chi connectivity index (χ3v) is 21.2. The minimum atomic E-state index is -4.44. The van der Waals surface area contributed by atoms with Gasteiger partial charge in [-0.05, 0) is 116 Å². The van der Waals surface area contributed by atoms with E-state index in [-0.39, 0.29) is 55.4 Å². The normalized spacial score (nSPS) is 15.4. The number of nitrogens with zero attached hydrogens (tertiary/aromatic N) is 6. The molecule has 31 nitrogen and oxygen atoms in total. The maximum absolute atomic E-state index is 14.5. The summed E-state index contributed by atoms with van der Waals surface area (Å²) in [5.74, 6) is -7.40. The molecule has 4 aromatic carbocycles. The van der Waals surface area contributed by atoms with Crippen LogP contribution in [0.25, 0.3) is 0 Å². The van der Waals surface area contributed by atoms with Crippen LogP contribution in [0, 0.1) is 23.3 Å². The number of aromatic nitrogens is 2. The Morgan fingerprint density at radius 2 is 0.864 bits per heavy atom. The lowest BCUT2D eigenvalue weighted by molar-refractivity contribution is -0.0305. The number of rotatable bonds is 30. The van der Waals surface area contributed by atoms with E-state index in [2.05, 4.69) is 10.6 Å². The number of pyridine rings is 2. The van der Waals surface area contributed by atoms with Crippen molar-refractivity contribution in [1.29, 1.82) is 0 Å². The second kappa shape index (κ2) is 36.9. The standard InChI is InChI=1S/C39H47F2N4O13P.C34H39F2N4O10P/c1-25(2)57-37(49)53-23-55-59(51,56-24-54-38(50)58-26(3)4)18-17-45-39(15-9-10-16-39)43(5)36(48)32-34(52-22-27-11-7-6-8-12-27)33(46)30(21-44(32)45)35(47)42-20-28-13-14-29(40)19-31(28)41;1-22(2)50-33(44)48-21-49-51(45,46)16-15-40-34(13-7-8-14-34)38(3)32(43)28-30(47-20-23-9-5-4-6-10-23)29(41)26(19-39(28)40)31(42)37-18-24-11-12-25(35)17-27(24)36/h6-8,11-14,19,21,25-26H,9-10,15-18,20,22-24H2,1-5H3,(H,42,47);4-6,9-12,17,19,22H,7-8,13-16,18,20-21H2,1-3H3,(H,37,42)(H,45,46). The number of carbonyl (C=O) groups excluding carboxylic acids is 7. The molecule has 3 N–H and O–H groups in total. The van der Waals surface area contributed by atoms with E-state index in [9.17, 15) is 74.7 Å². The summed E-state index contributed by atoms with van der Waals surface area (Å²) < 4.78 is 143. The first kappa shape index (κ1) is 83.7. The molecule has 594 valence electrons. The van der Waals surface area contributed by atoms with Crippen LogP contribution in [0.3, 0.4) is 0 Å². The Bertz CT molecular complexity index is 4530. The van der Waals surface area contributed by atoms with Crippen molar-refractivity contribution in [3.05, 3.63) is 198 Å². The molecule has 1 atom stereocenters. The van der Waals surface area contributed by atoms with Crippen LogP contribution in [0.5, 0.6) is 11.5 Å². The molecule has 37 heteroatoms. The highest BCUT2D eigenvalue weighted by Crippen LogP contribution is 2.50. The van der Waals surface area contributed by atoms with Crippen LogP contribution in [-0.4, -0.2) is 156 Å². The number of amides is 4. The monoisotopic (exact) mass is 1580 g/mol. The molecule has 2 aliphatic heterocycles. The van der Waals surface area contributed by atoms with E-state index in [1.165, 1.54) is 19.2 Å². The fourth-order valence-corrected chi connectivity index (χ4v) is 14.8. The van der Waals surface area contributed by atoms with Crippen LogP contribution in [0.15, 0.2) is 119 Å². The van der Waals surface area contributed by atoms with Crippen molar-refractivity contribution < 1.29 is 117 Å². The molecule has 2 saturated carbocycles. The summed E-state index contributed by atoms with van der Waals surface area (Å²) >= 11 is 0. The Morgan fingerprint density at radius 3 is 1.22 bits per heavy atom. The number of fused-ring (bicyclic) bond motifs is 2. The van der Waals surface area contributed by atoms with Crippen molar-refractivity contribution in [2.45, 2.75) is 149 Å². The molecular weight excluding hydrogens is 1490 g/mol. The molecule has 4 amide bonds. The van der Waals surface area contributed by atoms with E-state index in [0.717, 1.165) is 36.7 Å². The van der Waals surface area contributed by atoms with Gasteiger partial charge in [0.05, 0.1) is 30.6 Å². The van der Waals surface area contributed by atoms with E-state index in [4.69, 9.17) is 51.5 Å². The average Bonchev–Trinajstić information content (AvgIpc) is 1.27. The highest BCUT2D eigenvalue weighted by atomic mass is 31.2. The number of benzene rings is 4. The van der Waals surface area contributed by atoms with Gasteiger partial charge in [0.25, 0.3) is 23.6 Å². The predicted molar refractivity (Wildman–Crippen MR) is 384 cm³/mol. The molecule has 0 bridgehead atoms. The summed E-state index contributed by atoms with van der Waals surface area (Å²) in [5.41, 5.74) is -4.18. The zero-order valence-electron chi connectivity index (χ0n) is 61.6. The Labute approximate surface area is 629 Å². The van der Waals surface area contributed by atoms with Crippen LogP contribution < -0.4 is 41.0 Å². The van der Waals surface area contributed by atoms with Gasteiger partial charge in [-0.15, -0.1) is 0 Å². The first-order valence-electron chi connectivity index (χ1n) is 35.1. The van der Waals surface area contributed by atoms with Gasteiger partial charge in [-0.2, -0.15) is 0 Å². The molecule has 2 fully saturated rings. The van der Waals surface area contributed by atoms with Gasteiger partial charge in [0.2, 0.25) is 31.2 Å². The summed E-state index contributed by atoms with van der Waals surface area (Å²) in [5, 5.41) is 8.24. The van der Waals surface area contributed by atoms with Gasteiger partial charge in [-0.25, -0.2) is 31.9 Å². The Morgan fingerprint density at radius 1 is 0.509 bits per heavy atom. The lowest BCUT2D eigenvalue weighted by Gasteiger charge is -2.53. The molecule has 10 rings (SSSR count). The number of carbonyl (C=O) groups is 7. The summed E-state index contributed by atoms with van der Waals surface area (Å²) in [6.45, 7) is 5.33.